The molecule has 0 spiro atoms. The Bertz CT molecular complexity index is 156. The molecule has 0 heterocycles. The van der Waals surface area contributed by atoms with E-state index in [1.807, 2.05) is 0 Å². The van der Waals surface area contributed by atoms with Crippen LogP contribution >= 0.6 is 28.6 Å². The molecule has 0 atom stereocenters. The highest BCUT2D eigenvalue weighted by Gasteiger charge is 2.12. The van der Waals surface area contributed by atoms with E-state index in [1.54, 1.807) is 0 Å². The monoisotopic (exact) mass is 186 g/mol. The van der Waals surface area contributed by atoms with Crippen LogP contribution in [0.25, 0.3) is 0 Å². The van der Waals surface area contributed by atoms with Crippen molar-refractivity contribution in [1.82, 2.24) is 0 Å². The van der Waals surface area contributed by atoms with E-state index in [4.69, 9.17) is 28.9 Å². The third-order valence-electron chi connectivity index (χ3n) is 0.488. The van der Waals surface area contributed by atoms with E-state index < -0.39 is 6.07 Å². The molecule has 0 N–H and O–H groups in total. The van der Waals surface area contributed by atoms with Gasteiger partial charge in [0.25, 0.3) is 0 Å². The summed E-state index contributed by atoms with van der Waals surface area (Å²) in [6.07, 6.45) is 1.87. The second kappa shape index (κ2) is 4.19. The lowest BCUT2D eigenvalue weighted by Gasteiger charge is -1.98. The van der Waals surface area contributed by atoms with Crippen LogP contribution in [0.1, 0.15) is 6.42 Å². The molecule has 2 nitrogen and oxygen atoms in total. The van der Waals surface area contributed by atoms with E-state index in [0.29, 0.717) is 6.42 Å². The van der Waals surface area contributed by atoms with E-state index in [9.17, 15) is 4.57 Å². The highest BCUT2D eigenvalue weighted by molar-refractivity contribution is 8.05. The molecule has 0 amide bonds. The van der Waals surface area contributed by atoms with Crippen molar-refractivity contribution in [3.05, 3.63) is 0 Å². The minimum absolute atomic E-state index is 0.140. The molecule has 0 aliphatic carbocycles. The molecule has 9 heavy (non-hydrogen) atoms. The van der Waals surface area contributed by atoms with Crippen molar-refractivity contribution in [3.63, 3.8) is 0 Å². The van der Waals surface area contributed by atoms with Crippen LogP contribution in [-0.2, 0) is 9.09 Å². The first-order chi connectivity index (χ1) is 4.06. The maximum Gasteiger partial charge on any atom is 0.380 e. The van der Waals surface area contributed by atoms with Crippen molar-refractivity contribution in [1.29, 1.82) is 0 Å². The zero-order chi connectivity index (χ0) is 7.33. The number of hydrogen-bond donors (Lipinski definition) is 0. The van der Waals surface area contributed by atoms with Gasteiger partial charge in [-0.1, -0.05) is 0 Å². The zero-order valence-corrected chi connectivity index (χ0v) is 6.92. The normalized spacial score (nSPS) is 10.8. The summed E-state index contributed by atoms with van der Waals surface area (Å²) in [6.45, 7) is 0.140. The number of rotatable bonds is 3. The van der Waals surface area contributed by atoms with Gasteiger partial charge in [-0.15, -0.1) is 12.3 Å². The van der Waals surface area contributed by atoms with Crippen LogP contribution in [0.3, 0.4) is 0 Å². The molecule has 0 unspecified atom stereocenters. The molecule has 0 aromatic rings. The average molecular weight is 187 g/mol. The summed E-state index contributed by atoms with van der Waals surface area (Å²) in [5.74, 6) is 2.28. The van der Waals surface area contributed by atoms with Gasteiger partial charge in [0.1, 0.15) is 0 Å². The Morgan fingerprint density at radius 1 is 1.67 bits per heavy atom. The summed E-state index contributed by atoms with van der Waals surface area (Å²) in [5, 5.41) is 0. The van der Waals surface area contributed by atoms with Gasteiger partial charge < -0.3 is 4.52 Å². The first-order valence-corrected chi connectivity index (χ1v) is 5.57. The molecule has 0 aliphatic rings. The third-order valence-corrected chi connectivity index (χ3v) is 1.56. The fourth-order valence-corrected chi connectivity index (χ4v) is 0.929. The Labute approximate surface area is 63.5 Å². The highest BCUT2D eigenvalue weighted by atomic mass is 35.9. The standard InChI is InChI=1S/C4H5Cl2O2P/c1-2-3-4-8-9(5,6)7/h1H,3-4H2. The lowest BCUT2D eigenvalue weighted by atomic mass is 10.5. The molecular formula is C4H5Cl2O2P. The fraction of sp³-hybridized carbons (Fsp3) is 0.500. The van der Waals surface area contributed by atoms with Crippen LogP contribution in [0.5, 0.6) is 0 Å². The minimum atomic E-state index is -3.35. The minimum Gasteiger partial charge on any atom is -0.305 e. The van der Waals surface area contributed by atoms with Crippen molar-refractivity contribution in [3.8, 4) is 12.3 Å². The van der Waals surface area contributed by atoms with E-state index >= 15 is 0 Å². The summed E-state index contributed by atoms with van der Waals surface area (Å²) < 4.78 is 14.7. The third kappa shape index (κ3) is 8.33. The molecule has 0 aromatic carbocycles. The zero-order valence-electron chi connectivity index (χ0n) is 4.51. The fourth-order valence-electron chi connectivity index (χ4n) is 0.211. The van der Waals surface area contributed by atoms with Crippen LogP contribution in [-0.4, -0.2) is 6.61 Å². The van der Waals surface area contributed by atoms with Crippen molar-refractivity contribution in [2.75, 3.05) is 6.61 Å². The Kier molecular flexibility index (Phi) is 4.35. The van der Waals surface area contributed by atoms with Crippen LogP contribution in [0.2, 0.25) is 0 Å². The van der Waals surface area contributed by atoms with E-state index in [0.717, 1.165) is 0 Å². The van der Waals surface area contributed by atoms with Gasteiger partial charge in [-0.05, 0) is 22.5 Å². The summed E-state index contributed by atoms with van der Waals surface area (Å²) in [6, 6.07) is 0. The molecule has 0 aromatic heterocycles. The topological polar surface area (TPSA) is 26.3 Å². The van der Waals surface area contributed by atoms with Gasteiger partial charge in [-0.3, -0.25) is 4.57 Å². The van der Waals surface area contributed by atoms with Gasteiger partial charge in [0.2, 0.25) is 0 Å². The van der Waals surface area contributed by atoms with E-state index in [2.05, 4.69) is 10.4 Å². The lowest BCUT2D eigenvalue weighted by Crippen LogP contribution is -1.82. The number of hydrogen-bond acceptors (Lipinski definition) is 2. The predicted molar refractivity (Wildman–Crippen MR) is 38.7 cm³/mol. The SMILES string of the molecule is C#CCCOP(=O)(Cl)Cl. The number of halogens is 2. The summed E-state index contributed by atoms with van der Waals surface area (Å²) in [4.78, 5) is 0. The highest BCUT2D eigenvalue weighted by Crippen LogP contribution is 2.57. The molecule has 0 rings (SSSR count). The van der Waals surface area contributed by atoms with Crippen molar-refractivity contribution in [2.45, 2.75) is 6.42 Å². The van der Waals surface area contributed by atoms with Crippen molar-refractivity contribution < 1.29 is 9.09 Å². The maximum absolute atomic E-state index is 10.3. The molecule has 0 bridgehead atoms. The molecule has 0 saturated heterocycles. The van der Waals surface area contributed by atoms with E-state index in [1.165, 1.54) is 0 Å². The van der Waals surface area contributed by atoms with Crippen molar-refractivity contribution in [2.24, 2.45) is 0 Å². The van der Waals surface area contributed by atoms with Crippen LogP contribution in [0.4, 0.5) is 0 Å². The van der Waals surface area contributed by atoms with E-state index in [-0.39, 0.29) is 6.61 Å². The Balaban J connectivity index is 3.32. The molecule has 0 saturated carbocycles. The maximum atomic E-state index is 10.3. The molecule has 5 heteroatoms. The van der Waals surface area contributed by atoms with Gasteiger partial charge >= 0.3 is 6.07 Å². The molecule has 0 radical (unpaired) electrons. The Morgan fingerprint density at radius 3 is 2.56 bits per heavy atom. The molecule has 52 valence electrons. The van der Waals surface area contributed by atoms with Gasteiger partial charge in [0, 0.05) is 6.42 Å². The first kappa shape index (κ1) is 9.33. The second-order valence-corrected chi connectivity index (χ2v) is 5.48. The van der Waals surface area contributed by atoms with Crippen LogP contribution in [0.15, 0.2) is 0 Å². The Morgan fingerprint density at radius 2 is 2.22 bits per heavy atom. The average Bonchev–Trinajstić information content (AvgIpc) is 1.63. The molecule has 0 fully saturated rings. The summed E-state index contributed by atoms with van der Waals surface area (Å²) in [5.41, 5.74) is 0. The van der Waals surface area contributed by atoms with Crippen LogP contribution < -0.4 is 0 Å². The second-order valence-electron chi connectivity index (χ2n) is 1.20. The smallest absolute Gasteiger partial charge is 0.305 e. The van der Waals surface area contributed by atoms with Gasteiger partial charge in [0.15, 0.2) is 0 Å². The first-order valence-electron chi connectivity index (χ1n) is 2.13. The largest absolute Gasteiger partial charge is 0.380 e. The lowest BCUT2D eigenvalue weighted by molar-refractivity contribution is 0.343. The number of terminal acetylenes is 1. The van der Waals surface area contributed by atoms with Crippen LogP contribution in [0, 0.1) is 12.3 Å². The van der Waals surface area contributed by atoms with Gasteiger partial charge in [-0.25, -0.2) is 0 Å². The van der Waals surface area contributed by atoms with Crippen molar-refractivity contribution >= 4 is 28.6 Å². The Hall–Kier alpha value is 0.330. The summed E-state index contributed by atoms with van der Waals surface area (Å²) >= 11 is 10.00. The molecule has 0 aliphatic heterocycles. The summed E-state index contributed by atoms with van der Waals surface area (Å²) in [7, 11) is 0. The quantitative estimate of drug-likeness (QED) is 0.385. The van der Waals surface area contributed by atoms with Gasteiger partial charge in [0.05, 0.1) is 6.61 Å². The predicted octanol–water partition coefficient (Wildman–Crippen LogP) is 2.61. The molecular weight excluding hydrogens is 182 g/mol. The van der Waals surface area contributed by atoms with Gasteiger partial charge in [-0.2, -0.15) is 0 Å².